The summed E-state index contributed by atoms with van der Waals surface area (Å²) in [6, 6.07) is 4.04. The molecule has 1 aromatic rings. The average molecular weight is 168 g/mol. The lowest BCUT2D eigenvalue weighted by Gasteiger charge is -2.01. The second-order valence-corrected chi connectivity index (χ2v) is 3.19. The van der Waals surface area contributed by atoms with Crippen molar-refractivity contribution in [1.29, 1.82) is 0 Å². The summed E-state index contributed by atoms with van der Waals surface area (Å²) in [7, 11) is 0. The quantitative estimate of drug-likeness (QED) is 0.681. The van der Waals surface area contributed by atoms with Gasteiger partial charge in [0.1, 0.15) is 0 Å². The first-order valence-electron chi connectivity index (χ1n) is 3.48. The lowest BCUT2D eigenvalue weighted by Crippen LogP contribution is -1.98. The predicted molar refractivity (Wildman–Crippen MR) is 48.6 cm³/mol. The van der Waals surface area contributed by atoms with Gasteiger partial charge in [0, 0.05) is 12.2 Å². The van der Waals surface area contributed by atoms with E-state index in [1.54, 1.807) is 11.8 Å². The maximum Gasteiger partial charge on any atom is 0.0963 e. The molecule has 0 spiro atoms. The first kappa shape index (κ1) is 8.56. The first-order chi connectivity index (χ1) is 5.26. The highest BCUT2D eigenvalue weighted by Crippen LogP contribution is 2.14. The van der Waals surface area contributed by atoms with Crippen LogP contribution in [0.15, 0.2) is 17.2 Å². The van der Waals surface area contributed by atoms with Crippen LogP contribution >= 0.6 is 11.8 Å². The number of nitrogens with zero attached hydrogens (tertiary/aromatic N) is 1. The lowest BCUT2D eigenvalue weighted by atomic mass is 10.2. The summed E-state index contributed by atoms with van der Waals surface area (Å²) in [6.07, 6.45) is 2.02. The number of thioether (sulfide) groups is 1. The molecule has 0 atom stereocenters. The molecule has 0 saturated heterocycles. The Morgan fingerprint density at radius 3 is 2.82 bits per heavy atom. The first-order valence-corrected chi connectivity index (χ1v) is 4.70. The zero-order valence-corrected chi connectivity index (χ0v) is 7.61. The Morgan fingerprint density at radius 2 is 2.27 bits per heavy atom. The van der Waals surface area contributed by atoms with Crippen LogP contribution < -0.4 is 5.73 Å². The van der Waals surface area contributed by atoms with E-state index in [0.29, 0.717) is 6.54 Å². The average Bonchev–Trinajstić information content (AvgIpc) is 2.03. The normalized spacial score (nSPS) is 10.1. The molecule has 0 radical (unpaired) electrons. The highest BCUT2D eigenvalue weighted by molar-refractivity contribution is 7.98. The minimum Gasteiger partial charge on any atom is -0.326 e. The summed E-state index contributed by atoms with van der Waals surface area (Å²) in [4.78, 5) is 4.31. The van der Waals surface area contributed by atoms with E-state index in [9.17, 15) is 0 Å². The van der Waals surface area contributed by atoms with Gasteiger partial charge in [0.25, 0.3) is 0 Å². The SMILES string of the molecule is CSc1cc(CN)cc(C)n1. The highest BCUT2D eigenvalue weighted by atomic mass is 32.2. The molecule has 0 saturated carbocycles. The van der Waals surface area contributed by atoms with Crippen molar-refractivity contribution in [2.75, 3.05) is 6.26 Å². The lowest BCUT2D eigenvalue weighted by molar-refractivity contribution is 0.988. The zero-order valence-electron chi connectivity index (χ0n) is 6.79. The van der Waals surface area contributed by atoms with Gasteiger partial charge in [0.15, 0.2) is 0 Å². The van der Waals surface area contributed by atoms with Gasteiger partial charge in [-0.05, 0) is 30.9 Å². The number of aryl methyl sites for hydroxylation is 1. The van der Waals surface area contributed by atoms with Gasteiger partial charge in [0.05, 0.1) is 5.03 Å². The smallest absolute Gasteiger partial charge is 0.0963 e. The van der Waals surface area contributed by atoms with Gasteiger partial charge < -0.3 is 5.73 Å². The molecular weight excluding hydrogens is 156 g/mol. The van der Waals surface area contributed by atoms with Crippen molar-refractivity contribution in [2.45, 2.75) is 18.5 Å². The van der Waals surface area contributed by atoms with Crippen LogP contribution in [0, 0.1) is 6.92 Å². The Labute approximate surface area is 71.2 Å². The van der Waals surface area contributed by atoms with Crippen LogP contribution in [0.5, 0.6) is 0 Å². The van der Waals surface area contributed by atoms with E-state index in [1.165, 1.54) is 0 Å². The fourth-order valence-corrected chi connectivity index (χ4v) is 1.43. The van der Waals surface area contributed by atoms with E-state index in [-0.39, 0.29) is 0 Å². The van der Waals surface area contributed by atoms with Crippen molar-refractivity contribution >= 4 is 11.8 Å². The maximum absolute atomic E-state index is 5.51. The van der Waals surface area contributed by atoms with Gasteiger partial charge in [0.2, 0.25) is 0 Å². The van der Waals surface area contributed by atoms with Gasteiger partial charge in [-0.3, -0.25) is 0 Å². The van der Waals surface area contributed by atoms with Crippen LogP contribution in [0.1, 0.15) is 11.3 Å². The van der Waals surface area contributed by atoms with Gasteiger partial charge in [-0.1, -0.05) is 0 Å². The number of aromatic nitrogens is 1. The molecule has 1 aromatic heterocycles. The van der Waals surface area contributed by atoms with Crippen LogP contribution in [-0.4, -0.2) is 11.2 Å². The van der Waals surface area contributed by atoms with Crippen LogP contribution in [0.25, 0.3) is 0 Å². The zero-order chi connectivity index (χ0) is 8.27. The molecule has 2 nitrogen and oxygen atoms in total. The summed E-state index contributed by atoms with van der Waals surface area (Å²) in [6.45, 7) is 2.58. The van der Waals surface area contributed by atoms with Crippen molar-refractivity contribution in [3.63, 3.8) is 0 Å². The molecule has 0 aromatic carbocycles. The predicted octanol–water partition coefficient (Wildman–Crippen LogP) is 1.57. The molecule has 0 amide bonds. The molecule has 11 heavy (non-hydrogen) atoms. The van der Waals surface area contributed by atoms with E-state index < -0.39 is 0 Å². The maximum atomic E-state index is 5.51. The van der Waals surface area contributed by atoms with Crippen LogP contribution in [0.4, 0.5) is 0 Å². The Bertz CT molecular complexity index is 226. The summed E-state index contributed by atoms with van der Waals surface area (Å²) >= 11 is 1.65. The van der Waals surface area contributed by atoms with Gasteiger partial charge >= 0.3 is 0 Å². The fourth-order valence-electron chi connectivity index (χ4n) is 0.929. The molecule has 0 aliphatic carbocycles. The molecule has 0 aliphatic heterocycles. The van der Waals surface area contributed by atoms with Gasteiger partial charge in [-0.2, -0.15) is 0 Å². The topological polar surface area (TPSA) is 38.9 Å². The molecule has 3 heteroatoms. The molecule has 2 N–H and O–H groups in total. The number of hydrogen-bond donors (Lipinski definition) is 1. The monoisotopic (exact) mass is 168 g/mol. The molecule has 0 bridgehead atoms. The van der Waals surface area contributed by atoms with Crippen molar-refractivity contribution in [2.24, 2.45) is 5.73 Å². The third-order valence-corrected chi connectivity index (χ3v) is 2.06. The van der Waals surface area contributed by atoms with E-state index >= 15 is 0 Å². The summed E-state index contributed by atoms with van der Waals surface area (Å²) in [5.74, 6) is 0. The van der Waals surface area contributed by atoms with Crippen molar-refractivity contribution in [1.82, 2.24) is 4.98 Å². The number of pyridine rings is 1. The fraction of sp³-hybridized carbons (Fsp3) is 0.375. The Hall–Kier alpha value is -0.540. The summed E-state index contributed by atoms with van der Waals surface area (Å²) in [5.41, 5.74) is 7.70. The second kappa shape index (κ2) is 3.74. The van der Waals surface area contributed by atoms with E-state index in [2.05, 4.69) is 4.98 Å². The Kier molecular flexibility index (Phi) is 2.91. The molecule has 60 valence electrons. The molecule has 0 aliphatic rings. The van der Waals surface area contributed by atoms with Crippen molar-refractivity contribution in [3.05, 3.63) is 23.4 Å². The molecule has 1 heterocycles. The van der Waals surface area contributed by atoms with Crippen LogP contribution in [-0.2, 0) is 6.54 Å². The van der Waals surface area contributed by atoms with Crippen LogP contribution in [0.3, 0.4) is 0 Å². The summed E-state index contributed by atoms with van der Waals surface area (Å²) < 4.78 is 0. The minimum atomic E-state index is 0.594. The summed E-state index contributed by atoms with van der Waals surface area (Å²) in [5, 5.41) is 1.05. The third kappa shape index (κ3) is 2.20. The second-order valence-electron chi connectivity index (χ2n) is 2.36. The van der Waals surface area contributed by atoms with Crippen LogP contribution in [0.2, 0.25) is 0 Å². The molecule has 0 fully saturated rings. The van der Waals surface area contributed by atoms with E-state index in [1.807, 2.05) is 25.3 Å². The third-order valence-electron chi connectivity index (χ3n) is 1.43. The van der Waals surface area contributed by atoms with Gasteiger partial charge in [-0.15, -0.1) is 11.8 Å². The van der Waals surface area contributed by atoms with Gasteiger partial charge in [-0.25, -0.2) is 4.98 Å². The Balaban J connectivity index is 3.02. The largest absolute Gasteiger partial charge is 0.326 e. The van der Waals surface area contributed by atoms with E-state index in [4.69, 9.17) is 5.73 Å². The number of hydrogen-bond acceptors (Lipinski definition) is 3. The minimum absolute atomic E-state index is 0.594. The molecular formula is C8H12N2S. The number of nitrogens with two attached hydrogens (primary N) is 1. The van der Waals surface area contributed by atoms with Crippen molar-refractivity contribution < 1.29 is 0 Å². The Morgan fingerprint density at radius 1 is 1.55 bits per heavy atom. The number of rotatable bonds is 2. The molecule has 0 unspecified atom stereocenters. The standard InChI is InChI=1S/C8H12N2S/c1-6-3-7(5-9)4-8(10-6)11-2/h3-4H,5,9H2,1-2H3. The van der Waals surface area contributed by atoms with Crippen molar-refractivity contribution in [3.8, 4) is 0 Å². The van der Waals surface area contributed by atoms with E-state index in [0.717, 1.165) is 16.3 Å². The highest BCUT2D eigenvalue weighted by Gasteiger charge is 1.96. The molecule has 1 rings (SSSR count).